The van der Waals surface area contributed by atoms with Gasteiger partial charge in [0.25, 0.3) is 0 Å². The molecule has 0 amide bonds. The largest absolute Gasteiger partial charge is 0.454 e. The minimum Gasteiger partial charge on any atom is -0.454 e. The van der Waals surface area contributed by atoms with Crippen molar-refractivity contribution >= 4 is 16.6 Å². The summed E-state index contributed by atoms with van der Waals surface area (Å²) in [7, 11) is 1.74. The van der Waals surface area contributed by atoms with Crippen LogP contribution in [0.3, 0.4) is 0 Å². The minimum absolute atomic E-state index is 0.154. The second-order valence-electron chi connectivity index (χ2n) is 5.29. The van der Waals surface area contributed by atoms with Crippen LogP contribution in [0, 0.1) is 5.82 Å². The van der Waals surface area contributed by atoms with E-state index in [4.69, 9.17) is 4.74 Å². The number of ether oxygens (including phenoxy) is 1. The van der Waals surface area contributed by atoms with Gasteiger partial charge in [0, 0.05) is 41.5 Å². The van der Waals surface area contributed by atoms with Gasteiger partial charge in [-0.05, 0) is 24.3 Å². The molecule has 0 unspecified atom stereocenters. The number of nitrogens with one attached hydrogen (secondary N) is 3. The molecule has 2 heterocycles. The lowest BCUT2D eigenvalue weighted by Crippen LogP contribution is -1.94. The van der Waals surface area contributed by atoms with Crippen LogP contribution in [-0.2, 0) is 0 Å². The zero-order chi connectivity index (χ0) is 16.5. The zero-order valence-electron chi connectivity index (χ0n) is 12.8. The fourth-order valence-electron chi connectivity index (χ4n) is 2.54. The molecule has 0 atom stereocenters. The molecular formula is C17H14FN5O. The summed E-state index contributed by atoms with van der Waals surface area (Å²) in [5, 5.41) is 17.5. The molecule has 0 aliphatic carbocycles. The summed E-state index contributed by atoms with van der Waals surface area (Å²) < 4.78 is 20.1. The summed E-state index contributed by atoms with van der Waals surface area (Å²) in [4.78, 5) is 0. The van der Waals surface area contributed by atoms with Crippen molar-refractivity contribution < 1.29 is 9.13 Å². The van der Waals surface area contributed by atoms with E-state index in [1.807, 2.05) is 12.1 Å². The second kappa shape index (κ2) is 5.69. The number of H-pyrrole nitrogens is 2. The van der Waals surface area contributed by atoms with E-state index < -0.39 is 5.82 Å². The normalized spacial score (nSPS) is 10.9. The van der Waals surface area contributed by atoms with E-state index in [0.717, 1.165) is 22.0 Å². The molecule has 0 radical (unpaired) electrons. The number of rotatable bonds is 4. The van der Waals surface area contributed by atoms with Gasteiger partial charge in [-0.3, -0.25) is 10.2 Å². The summed E-state index contributed by atoms with van der Waals surface area (Å²) >= 11 is 0. The third kappa shape index (κ3) is 2.45. The molecule has 120 valence electrons. The third-order valence-electron chi connectivity index (χ3n) is 3.79. The van der Waals surface area contributed by atoms with Gasteiger partial charge in [0.1, 0.15) is 5.75 Å². The lowest BCUT2D eigenvalue weighted by atomic mass is 10.1. The number of aromatic nitrogens is 4. The highest BCUT2D eigenvalue weighted by Crippen LogP contribution is 2.37. The van der Waals surface area contributed by atoms with Gasteiger partial charge < -0.3 is 10.1 Å². The summed E-state index contributed by atoms with van der Waals surface area (Å²) in [6.45, 7) is 0. The van der Waals surface area contributed by atoms with Gasteiger partial charge in [-0.2, -0.15) is 10.2 Å². The van der Waals surface area contributed by atoms with E-state index in [1.54, 1.807) is 37.8 Å². The summed E-state index contributed by atoms with van der Waals surface area (Å²) in [5.74, 6) is 0.246. The predicted octanol–water partition coefficient (Wildman–Crippen LogP) is 3.93. The number of nitrogens with zero attached hydrogens (tertiary/aromatic N) is 2. The number of anilines is 1. The van der Waals surface area contributed by atoms with E-state index >= 15 is 0 Å². The molecule has 0 fully saturated rings. The topological polar surface area (TPSA) is 78.6 Å². The molecule has 0 spiro atoms. The maximum atomic E-state index is 14.2. The van der Waals surface area contributed by atoms with E-state index in [9.17, 15) is 4.39 Å². The number of hydrogen-bond acceptors (Lipinski definition) is 4. The highest BCUT2D eigenvalue weighted by Gasteiger charge is 2.14. The Morgan fingerprint density at radius 1 is 1.08 bits per heavy atom. The highest BCUT2D eigenvalue weighted by atomic mass is 19.1. The lowest BCUT2D eigenvalue weighted by molar-refractivity contribution is 0.444. The van der Waals surface area contributed by atoms with E-state index in [2.05, 4.69) is 25.7 Å². The Balaban J connectivity index is 1.82. The van der Waals surface area contributed by atoms with Crippen LogP contribution in [-0.4, -0.2) is 27.4 Å². The Kier molecular flexibility index (Phi) is 3.38. The molecule has 24 heavy (non-hydrogen) atoms. The standard InChI is InChI=1S/C17H14FN5O/c1-19-12-2-3-16(14(18)5-12)24-17-4-10-7-22-23-15(10)6-13(17)11-8-20-21-9-11/h2-9,19H,1H3,(H,20,21)(H,22,23). The molecule has 3 N–H and O–H groups in total. The van der Waals surface area contributed by atoms with Crippen LogP contribution in [0.5, 0.6) is 11.5 Å². The molecule has 0 saturated carbocycles. The number of fused-ring (bicyclic) bond motifs is 1. The van der Waals surface area contributed by atoms with Gasteiger partial charge in [-0.15, -0.1) is 0 Å². The van der Waals surface area contributed by atoms with Crippen LogP contribution < -0.4 is 10.1 Å². The lowest BCUT2D eigenvalue weighted by Gasteiger charge is -2.12. The minimum atomic E-state index is -0.438. The summed E-state index contributed by atoms with van der Waals surface area (Å²) in [6.07, 6.45) is 5.14. The number of halogens is 1. The number of aromatic amines is 2. The van der Waals surface area contributed by atoms with E-state index in [0.29, 0.717) is 11.4 Å². The molecule has 2 aromatic heterocycles. The average molecular weight is 323 g/mol. The zero-order valence-corrected chi connectivity index (χ0v) is 12.8. The van der Waals surface area contributed by atoms with Crippen molar-refractivity contribution in [2.45, 2.75) is 0 Å². The van der Waals surface area contributed by atoms with Crippen molar-refractivity contribution in [3.8, 4) is 22.6 Å². The Bertz CT molecular complexity index is 994. The first-order valence-corrected chi connectivity index (χ1v) is 7.36. The van der Waals surface area contributed by atoms with Crippen molar-refractivity contribution in [1.82, 2.24) is 20.4 Å². The SMILES string of the molecule is CNc1ccc(Oc2cc3cn[nH]c3cc2-c2cn[nH]c2)c(F)c1. The maximum absolute atomic E-state index is 14.2. The molecule has 0 saturated heterocycles. The Morgan fingerprint density at radius 3 is 2.75 bits per heavy atom. The van der Waals surface area contributed by atoms with E-state index in [-0.39, 0.29) is 5.75 Å². The van der Waals surface area contributed by atoms with Gasteiger partial charge in [-0.25, -0.2) is 4.39 Å². The average Bonchev–Trinajstić information content (AvgIpc) is 3.26. The fraction of sp³-hybridized carbons (Fsp3) is 0.0588. The van der Waals surface area contributed by atoms with Crippen LogP contribution >= 0.6 is 0 Å². The second-order valence-corrected chi connectivity index (χ2v) is 5.29. The van der Waals surface area contributed by atoms with Crippen molar-refractivity contribution in [3.63, 3.8) is 0 Å². The van der Waals surface area contributed by atoms with Crippen LogP contribution in [0.25, 0.3) is 22.0 Å². The van der Waals surface area contributed by atoms with Gasteiger partial charge >= 0.3 is 0 Å². The smallest absolute Gasteiger partial charge is 0.167 e. The Hall–Kier alpha value is -3.35. The van der Waals surface area contributed by atoms with Gasteiger partial charge in [-0.1, -0.05) is 0 Å². The van der Waals surface area contributed by atoms with Crippen molar-refractivity contribution in [2.24, 2.45) is 0 Å². The molecule has 0 aliphatic rings. The van der Waals surface area contributed by atoms with E-state index in [1.165, 1.54) is 6.07 Å². The molecule has 2 aromatic carbocycles. The van der Waals surface area contributed by atoms with Crippen molar-refractivity contribution in [1.29, 1.82) is 0 Å². The van der Waals surface area contributed by atoms with Crippen molar-refractivity contribution in [3.05, 3.63) is 54.7 Å². The molecule has 4 aromatic rings. The molecule has 4 rings (SSSR count). The quantitative estimate of drug-likeness (QED) is 0.532. The Labute approximate surface area is 136 Å². The number of benzene rings is 2. The van der Waals surface area contributed by atoms with Gasteiger partial charge in [0.15, 0.2) is 11.6 Å². The van der Waals surface area contributed by atoms with Crippen LogP contribution in [0.2, 0.25) is 0 Å². The molecular weight excluding hydrogens is 309 g/mol. The summed E-state index contributed by atoms with van der Waals surface area (Å²) in [6, 6.07) is 8.48. The van der Waals surface area contributed by atoms with Gasteiger partial charge in [0.05, 0.1) is 17.9 Å². The maximum Gasteiger partial charge on any atom is 0.167 e. The Morgan fingerprint density at radius 2 is 2.00 bits per heavy atom. The van der Waals surface area contributed by atoms with Crippen LogP contribution in [0.1, 0.15) is 0 Å². The highest BCUT2D eigenvalue weighted by molar-refractivity contribution is 5.87. The predicted molar refractivity (Wildman–Crippen MR) is 89.7 cm³/mol. The van der Waals surface area contributed by atoms with Gasteiger partial charge in [0.2, 0.25) is 0 Å². The molecule has 6 nitrogen and oxygen atoms in total. The number of hydrogen-bond donors (Lipinski definition) is 3. The molecule has 0 bridgehead atoms. The first kappa shape index (κ1) is 14.3. The third-order valence-corrected chi connectivity index (χ3v) is 3.79. The first-order valence-electron chi connectivity index (χ1n) is 7.36. The fourth-order valence-corrected chi connectivity index (χ4v) is 2.54. The van der Waals surface area contributed by atoms with Crippen LogP contribution in [0.4, 0.5) is 10.1 Å². The van der Waals surface area contributed by atoms with Crippen molar-refractivity contribution in [2.75, 3.05) is 12.4 Å². The first-order chi connectivity index (χ1) is 11.7. The summed E-state index contributed by atoms with van der Waals surface area (Å²) in [5.41, 5.74) is 3.18. The van der Waals surface area contributed by atoms with Crippen LogP contribution in [0.15, 0.2) is 48.9 Å². The molecule has 7 heteroatoms. The monoisotopic (exact) mass is 323 g/mol. The molecule has 0 aliphatic heterocycles.